The van der Waals surface area contributed by atoms with Crippen molar-refractivity contribution in [3.05, 3.63) is 29.8 Å². The summed E-state index contributed by atoms with van der Waals surface area (Å²) in [7, 11) is 4.00. The van der Waals surface area contributed by atoms with E-state index in [-0.39, 0.29) is 11.9 Å². The van der Waals surface area contributed by atoms with E-state index in [1.807, 2.05) is 43.3 Å². The molecule has 18 heavy (non-hydrogen) atoms. The first kappa shape index (κ1) is 12.9. The highest BCUT2D eigenvalue weighted by Crippen LogP contribution is 2.12. The van der Waals surface area contributed by atoms with E-state index in [0.717, 1.165) is 24.3 Å². The van der Waals surface area contributed by atoms with Gasteiger partial charge in [0.1, 0.15) is 0 Å². The second kappa shape index (κ2) is 5.87. The van der Waals surface area contributed by atoms with Crippen LogP contribution in [0.3, 0.4) is 0 Å². The lowest BCUT2D eigenvalue weighted by molar-refractivity contribution is -0.121. The fraction of sp³-hybridized carbons (Fsp3) is 0.500. The molecule has 1 aliphatic rings. The lowest BCUT2D eigenvalue weighted by Crippen LogP contribution is -2.36. The molecule has 1 heterocycles. The summed E-state index contributed by atoms with van der Waals surface area (Å²) in [6.45, 7) is 1.40. The molecule has 1 aromatic carbocycles. The number of benzene rings is 1. The van der Waals surface area contributed by atoms with Crippen LogP contribution in [0, 0.1) is 0 Å². The number of rotatable bonds is 4. The first-order valence-corrected chi connectivity index (χ1v) is 6.28. The van der Waals surface area contributed by atoms with E-state index in [1.165, 1.54) is 0 Å². The van der Waals surface area contributed by atoms with Crippen molar-refractivity contribution in [3.8, 4) is 0 Å². The highest BCUT2D eigenvalue weighted by molar-refractivity contribution is 5.79. The molecule has 0 saturated carbocycles. The van der Waals surface area contributed by atoms with Crippen molar-refractivity contribution in [2.75, 3.05) is 32.2 Å². The Morgan fingerprint density at radius 3 is 2.67 bits per heavy atom. The Morgan fingerprint density at radius 2 is 2.11 bits per heavy atom. The Hall–Kier alpha value is -1.55. The third kappa shape index (κ3) is 3.47. The number of nitrogens with one attached hydrogen (secondary N) is 1. The van der Waals surface area contributed by atoms with Crippen molar-refractivity contribution in [2.45, 2.75) is 18.9 Å². The van der Waals surface area contributed by atoms with E-state index in [9.17, 15) is 4.79 Å². The monoisotopic (exact) mass is 248 g/mol. The van der Waals surface area contributed by atoms with Crippen LogP contribution in [0.1, 0.15) is 12.0 Å². The quantitative estimate of drug-likeness (QED) is 0.870. The summed E-state index contributed by atoms with van der Waals surface area (Å²) in [4.78, 5) is 13.9. The van der Waals surface area contributed by atoms with Gasteiger partial charge in [-0.05, 0) is 24.1 Å². The fourth-order valence-electron chi connectivity index (χ4n) is 2.02. The summed E-state index contributed by atoms with van der Waals surface area (Å²) in [6, 6.07) is 8.25. The predicted molar refractivity (Wildman–Crippen MR) is 71.8 cm³/mol. The minimum absolute atomic E-state index is 0.0723. The lowest BCUT2D eigenvalue weighted by Gasteiger charge is -2.13. The van der Waals surface area contributed by atoms with Crippen LogP contribution in [0.2, 0.25) is 0 Å². The molecule has 4 nitrogen and oxygen atoms in total. The molecule has 1 N–H and O–H groups in total. The highest BCUT2D eigenvalue weighted by Gasteiger charge is 2.17. The van der Waals surface area contributed by atoms with Gasteiger partial charge in [0.05, 0.1) is 19.1 Å². The zero-order valence-electron chi connectivity index (χ0n) is 11.0. The maximum atomic E-state index is 11.8. The number of amides is 1. The molecule has 1 saturated heterocycles. The molecule has 4 heteroatoms. The number of nitrogens with zero attached hydrogens (tertiary/aromatic N) is 1. The fourth-order valence-corrected chi connectivity index (χ4v) is 2.02. The van der Waals surface area contributed by atoms with E-state index in [0.29, 0.717) is 13.0 Å². The number of carbonyl (C=O) groups is 1. The van der Waals surface area contributed by atoms with Crippen molar-refractivity contribution in [1.82, 2.24) is 5.32 Å². The van der Waals surface area contributed by atoms with Crippen molar-refractivity contribution >= 4 is 11.6 Å². The molecule has 1 fully saturated rings. The zero-order chi connectivity index (χ0) is 13.0. The molecule has 1 aliphatic heterocycles. The summed E-state index contributed by atoms with van der Waals surface area (Å²) in [5.74, 6) is 0.0723. The molecule has 1 aromatic rings. The number of carbonyl (C=O) groups excluding carboxylic acids is 1. The maximum absolute atomic E-state index is 11.8. The maximum Gasteiger partial charge on any atom is 0.224 e. The van der Waals surface area contributed by atoms with Crippen LogP contribution in [0.4, 0.5) is 5.69 Å². The second-order valence-electron chi connectivity index (χ2n) is 4.87. The third-order valence-electron chi connectivity index (χ3n) is 3.11. The molecule has 2 rings (SSSR count). The molecule has 0 aliphatic carbocycles. The van der Waals surface area contributed by atoms with Crippen LogP contribution in [-0.4, -0.2) is 39.3 Å². The molecular formula is C14H20N2O2. The minimum Gasteiger partial charge on any atom is -0.379 e. The molecule has 0 unspecified atom stereocenters. The Labute approximate surface area is 108 Å². The van der Waals surface area contributed by atoms with Gasteiger partial charge in [-0.1, -0.05) is 12.1 Å². The first-order valence-electron chi connectivity index (χ1n) is 6.28. The SMILES string of the molecule is CN(C)c1ccc(CC(=O)N[C@H]2CCOC2)cc1. The Bertz CT molecular complexity index is 395. The third-order valence-corrected chi connectivity index (χ3v) is 3.11. The van der Waals surface area contributed by atoms with Gasteiger partial charge in [-0.25, -0.2) is 0 Å². The van der Waals surface area contributed by atoms with Crippen LogP contribution in [0.15, 0.2) is 24.3 Å². The lowest BCUT2D eigenvalue weighted by atomic mass is 10.1. The first-order chi connectivity index (χ1) is 8.65. The Morgan fingerprint density at radius 1 is 1.39 bits per heavy atom. The summed E-state index contributed by atoms with van der Waals surface area (Å²) >= 11 is 0. The molecule has 98 valence electrons. The molecular weight excluding hydrogens is 228 g/mol. The topological polar surface area (TPSA) is 41.6 Å². The van der Waals surface area contributed by atoms with Crippen LogP contribution in [0.25, 0.3) is 0 Å². The average molecular weight is 248 g/mol. The normalized spacial score (nSPS) is 18.7. The van der Waals surface area contributed by atoms with Gasteiger partial charge >= 0.3 is 0 Å². The molecule has 1 atom stereocenters. The number of hydrogen-bond donors (Lipinski definition) is 1. The summed E-state index contributed by atoms with van der Waals surface area (Å²) in [5, 5.41) is 2.99. The average Bonchev–Trinajstić information content (AvgIpc) is 2.82. The number of ether oxygens (including phenoxy) is 1. The van der Waals surface area contributed by atoms with Crippen LogP contribution in [-0.2, 0) is 16.0 Å². The van der Waals surface area contributed by atoms with Crippen LogP contribution >= 0.6 is 0 Å². The predicted octanol–water partition coefficient (Wildman–Crippen LogP) is 1.20. The van der Waals surface area contributed by atoms with Crippen molar-refractivity contribution in [1.29, 1.82) is 0 Å². The van der Waals surface area contributed by atoms with Gasteiger partial charge < -0.3 is 15.0 Å². The Kier molecular flexibility index (Phi) is 4.20. The standard InChI is InChI=1S/C14H20N2O2/c1-16(2)13-5-3-11(4-6-13)9-14(17)15-12-7-8-18-10-12/h3-6,12H,7-10H2,1-2H3,(H,15,17)/t12-/m0/s1. The van der Waals surface area contributed by atoms with Crippen molar-refractivity contribution < 1.29 is 9.53 Å². The van der Waals surface area contributed by atoms with E-state index in [4.69, 9.17) is 4.74 Å². The van der Waals surface area contributed by atoms with Crippen molar-refractivity contribution in [2.24, 2.45) is 0 Å². The van der Waals surface area contributed by atoms with Crippen molar-refractivity contribution in [3.63, 3.8) is 0 Å². The van der Waals surface area contributed by atoms with E-state index in [2.05, 4.69) is 5.32 Å². The summed E-state index contributed by atoms with van der Waals surface area (Å²) in [6.07, 6.45) is 1.36. The van der Waals surface area contributed by atoms with Gasteiger partial charge in [-0.15, -0.1) is 0 Å². The van der Waals surface area contributed by atoms with Gasteiger partial charge in [0.15, 0.2) is 0 Å². The van der Waals surface area contributed by atoms with Crippen LogP contribution < -0.4 is 10.2 Å². The van der Waals surface area contributed by atoms with E-state index in [1.54, 1.807) is 0 Å². The molecule has 0 aromatic heterocycles. The van der Waals surface area contributed by atoms with Crippen LogP contribution in [0.5, 0.6) is 0 Å². The molecule has 0 bridgehead atoms. The van der Waals surface area contributed by atoms with Gasteiger partial charge in [0.2, 0.25) is 5.91 Å². The van der Waals surface area contributed by atoms with E-state index >= 15 is 0 Å². The summed E-state index contributed by atoms with van der Waals surface area (Å²) in [5.41, 5.74) is 2.18. The van der Waals surface area contributed by atoms with Gasteiger partial charge in [-0.3, -0.25) is 4.79 Å². The summed E-state index contributed by atoms with van der Waals surface area (Å²) < 4.78 is 5.23. The minimum atomic E-state index is 0.0723. The highest BCUT2D eigenvalue weighted by atomic mass is 16.5. The number of anilines is 1. The molecule has 0 spiro atoms. The number of hydrogen-bond acceptors (Lipinski definition) is 3. The second-order valence-corrected chi connectivity index (χ2v) is 4.87. The van der Waals surface area contributed by atoms with Gasteiger partial charge in [0.25, 0.3) is 0 Å². The van der Waals surface area contributed by atoms with Gasteiger partial charge in [0, 0.05) is 26.4 Å². The largest absolute Gasteiger partial charge is 0.379 e. The Balaban J connectivity index is 1.86. The van der Waals surface area contributed by atoms with E-state index < -0.39 is 0 Å². The van der Waals surface area contributed by atoms with Gasteiger partial charge in [-0.2, -0.15) is 0 Å². The smallest absolute Gasteiger partial charge is 0.224 e. The molecule has 0 radical (unpaired) electrons. The zero-order valence-corrected chi connectivity index (χ0v) is 11.0. The molecule has 1 amide bonds.